The van der Waals surface area contributed by atoms with Crippen molar-refractivity contribution in [3.8, 4) is 5.75 Å². The molecule has 0 bridgehead atoms. The summed E-state index contributed by atoms with van der Waals surface area (Å²) in [6, 6.07) is 11.2. The molecule has 0 N–H and O–H groups in total. The minimum absolute atomic E-state index is 0.0234. The van der Waals surface area contributed by atoms with E-state index in [1.807, 2.05) is 28.8 Å². The fourth-order valence-electron chi connectivity index (χ4n) is 2.22. The van der Waals surface area contributed by atoms with Crippen molar-refractivity contribution in [3.05, 3.63) is 69.1 Å². The number of benzene rings is 1. The molecule has 4 nitrogen and oxygen atoms in total. The minimum Gasteiger partial charge on any atom is -0.497 e. The van der Waals surface area contributed by atoms with Gasteiger partial charge in [-0.15, -0.1) is 0 Å². The topological polar surface area (TPSA) is 44.1 Å². The molecule has 0 spiro atoms. The number of halogens is 1. The number of pyridine rings is 2. The molecule has 3 rings (SSSR count). The molecule has 0 unspecified atom stereocenters. The fourth-order valence-corrected chi connectivity index (χ4v) is 2.55. The summed E-state index contributed by atoms with van der Waals surface area (Å²) < 4.78 is 7.92. The van der Waals surface area contributed by atoms with E-state index in [1.165, 1.54) is 0 Å². The molecule has 5 heteroatoms. The molecule has 0 saturated carbocycles. The lowest BCUT2D eigenvalue weighted by atomic mass is 10.2. The number of hydrogen-bond donors (Lipinski definition) is 0. The van der Waals surface area contributed by atoms with Crippen molar-refractivity contribution in [1.29, 1.82) is 0 Å². The van der Waals surface area contributed by atoms with Crippen LogP contribution in [0.4, 0.5) is 0 Å². The van der Waals surface area contributed by atoms with E-state index in [2.05, 4.69) is 20.9 Å². The number of fused-ring (bicyclic) bond motifs is 1. The summed E-state index contributed by atoms with van der Waals surface area (Å²) in [5, 5.41) is 0.611. The Labute approximate surface area is 130 Å². The van der Waals surface area contributed by atoms with Gasteiger partial charge in [-0.2, -0.15) is 0 Å². The van der Waals surface area contributed by atoms with Crippen LogP contribution in [0.2, 0.25) is 0 Å². The number of methoxy groups -OCH3 is 1. The molecule has 21 heavy (non-hydrogen) atoms. The quantitative estimate of drug-likeness (QED) is 0.732. The second kappa shape index (κ2) is 5.69. The van der Waals surface area contributed by atoms with Crippen LogP contribution in [0, 0.1) is 0 Å². The zero-order valence-electron chi connectivity index (χ0n) is 11.4. The van der Waals surface area contributed by atoms with Gasteiger partial charge in [-0.1, -0.05) is 12.1 Å². The van der Waals surface area contributed by atoms with E-state index >= 15 is 0 Å². The molecule has 0 amide bonds. The first-order valence-corrected chi connectivity index (χ1v) is 7.24. The summed E-state index contributed by atoms with van der Waals surface area (Å²) in [4.78, 5) is 16.3. The Morgan fingerprint density at radius 3 is 2.71 bits per heavy atom. The highest BCUT2D eigenvalue weighted by molar-refractivity contribution is 9.10. The maximum absolute atomic E-state index is 11.9. The molecule has 2 aromatic heterocycles. The van der Waals surface area contributed by atoms with Gasteiger partial charge in [0.1, 0.15) is 11.4 Å². The number of nitrogens with zero attached hydrogens (tertiary/aromatic N) is 2. The second-order valence-corrected chi connectivity index (χ2v) is 5.60. The molecule has 0 radical (unpaired) electrons. The van der Waals surface area contributed by atoms with Crippen LogP contribution >= 0.6 is 15.9 Å². The van der Waals surface area contributed by atoms with Crippen molar-refractivity contribution in [3.63, 3.8) is 0 Å². The van der Waals surface area contributed by atoms with Crippen LogP contribution in [-0.2, 0) is 6.54 Å². The van der Waals surface area contributed by atoms with Gasteiger partial charge in [-0.3, -0.25) is 4.79 Å². The lowest BCUT2D eigenvalue weighted by molar-refractivity contribution is 0.414. The zero-order chi connectivity index (χ0) is 14.8. The number of ether oxygens (including phenoxy) is 1. The van der Waals surface area contributed by atoms with Crippen LogP contribution in [0.15, 0.2) is 58.1 Å². The summed E-state index contributed by atoms with van der Waals surface area (Å²) in [5.41, 5.74) is 1.77. The van der Waals surface area contributed by atoms with E-state index in [1.54, 1.807) is 31.6 Å². The van der Waals surface area contributed by atoms with E-state index in [4.69, 9.17) is 4.74 Å². The van der Waals surface area contributed by atoms with Crippen molar-refractivity contribution in [2.45, 2.75) is 6.54 Å². The number of hydrogen-bond acceptors (Lipinski definition) is 3. The Bertz CT molecular complexity index is 841. The van der Waals surface area contributed by atoms with Crippen molar-refractivity contribution < 1.29 is 4.74 Å². The highest BCUT2D eigenvalue weighted by Crippen LogP contribution is 2.16. The Morgan fingerprint density at radius 2 is 2.00 bits per heavy atom. The molecule has 0 fully saturated rings. The van der Waals surface area contributed by atoms with Gasteiger partial charge in [-0.25, -0.2) is 4.98 Å². The molecule has 0 aliphatic heterocycles. The van der Waals surface area contributed by atoms with Crippen LogP contribution in [0.1, 0.15) is 5.56 Å². The van der Waals surface area contributed by atoms with Crippen LogP contribution in [-0.4, -0.2) is 16.7 Å². The van der Waals surface area contributed by atoms with Gasteiger partial charge in [0, 0.05) is 29.5 Å². The molecule has 1 aromatic carbocycles. The van der Waals surface area contributed by atoms with Crippen molar-refractivity contribution >= 4 is 27.0 Å². The fraction of sp³-hybridized carbons (Fsp3) is 0.125. The van der Waals surface area contributed by atoms with E-state index in [0.29, 0.717) is 17.6 Å². The molecular weight excluding hydrogens is 332 g/mol. The predicted molar refractivity (Wildman–Crippen MR) is 85.8 cm³/mol. The smallest absolute Gasteiger partial charge is 0.191 e. The van der Waals surface area contributed by atoms with Crippen LogP contribution in [0.3, 0.4) is 0 Å². The first-order valence-electron chi connectivity index (χ1n) is 6.45. The lowest BCUT2D eigenvalue weighted by Gasteiger charge is -2.10. The van der Waals surface area contributed by atoms with E-state index in [-0.39, 0.29) is 5.43 Å². The molecule has 106 valence electrons. The average Bonchev–Trinajstić information content (AvgIpc) is 2.51. The van der Waals surface area contributed by atoms with Crippen molar-refractivity contribution in [2.24, 2.45) is 0 Å². The first-order chi connectivity index (χ1) is 10.2. The van der Waals surface area contributed by atoms with E-state index < -0.39 is 0 Å². The van der Waals surface area contributed by atoms with Gasteiger partial charge in [0.15, 0.2) is 5.43 Å². The maximum Gasteiger partial charge on any atom is 0.191 e. The molecule has 3 aromatic rings. The van der Waals surface area contributed by atoms with Gasteiger partial charge in [0.05, 0.1) is 12.5 Å². The highest BCUT2D eigenvalue weighted by atomic mass is 79.9. The van der Waals surface area contributed by atoms with Gasteiger partial charge in [0.2, 0.25) is 0 Å². The largest absolute Gasteiger partial charge is 0.497 e. The minimum atomic E-state index is -0.0234. The maximum atomic E-state index is 11.9. The summed E-state index contributed by atoms with van der Waals surface area (Å²) in [7, 11) is 1.64. The standard InChI is InChI=1S/C16H13BrN2O2/c1-21-13-4-2-11(3-5-13)10-19-7-6-15(20)14-8-12(17)9-18-16(14)19/h2-9H,10H2,1H3. The van der Waals surface area contributed by atoms with Gasteiger partial charge in [0.25, 0.3) is 0 Å². The highest BCUT2D eigenvalue weighted by Gasteiger charge is 2.05. The number of aromatic nitrogens is 2. The average molecular weight is 345 g/mol. The monoisotopic (exact) mass is 344 g/mol. The summed E-state index contributed by atoms with van der Waals surface area (Å²) in [6.07, 6.45) is 3.47. The van der Waals surface area contributed by atoms with Gasteiger partial charge < -0.3 is 9.30 Å². The third-order valence-corrected chi connectivity index (χ3v) is 3.72. The number of rotatable bonds is 3. The molecule has 2 heterocycles. The molecule has 0 aliphatic carbocycles. The Kier molecular flexibility index (Phi) is 3.75. The summed E-state index contributed by atoms with van der Waals surface area (Å²) >= 11 is 3.35. The van der Waals surface area contributed by atoms with Crippen LogP contribution in [0.5, 0.6) is 5.75 Å². The lowest BCUT2D eigenvalue weighted by Crippen LogP contribution is -2.10. The summed E-state index contributed by atoms with van der Waals surface area (Å²) in [6.45, 7) is 0.648. The third-order valence-electron chi connectivity index (χ3n) is 3.29. The van der Waals surface area contributed by atoms with Crippen LogP contribution < -0.4 is 10.2 Å². The van der Waals surface area contributed by atoms with Crippen molar-refractivity contribution in [1.82, 2.24) is 9.55 Å². The second-order valence-electron chi connectivity index (χ2n) is 4.68. The molecular formula is C16H13BrN2O2. The molecule has 0 aliphatic rings. The Hall–Kier alpha value is -2.14. The predicted octanol–water partition coefficient (Wildman–Crippen LogP) is 3.22. The third kappa shape index (κ3) is 2.83. The summed E-state index contributed by atoms with van der Waals surface area (Å²) in [5.74, 6) is 0.825. The van der Waals surface area contributed by atoms with E-state index in [0.717, 1.165) is 15.8 Å². The SMILES string of the molecule is COc1ccc(Cn2ccc(=O)c3cc(Br)cnc32)cc1. The zero-order valence-corrected chi connectivity index (χ0v) is 13.0. The van der Waals surface area contributed by atoms with Gasteiger partial charge in [-0.05, 0) is 39.7 Å². The molecule has 0 saturated heterocycles. The normalized spacial score (nSPS) is 10.8. The Morgan fingerprint density at radius 1 is 1.24 bits per heavy atom. The Balaban J connectivity index is 2.04. The molecule has 0 atom stereocenters. The van der Waals surface area contributed by atoms with E-state index in [9.17, 15) is 4.79 Å². The first kappa shape index (κ1) is 13.8. The van der Waals surface area contributed by atoms with Crippen molar-refractivity contribution in [2.75, 3.05) is 7.11 Å². The van der Waals surface area contributed by atoms with Gasteiger partial charge >= 0.3 is 0 Å². The van der Waals surface area contributed by atoms with Crippen LogP contribution in [0.25, 0.3) is 11.0 Å².